The third-order valence-electron chi connectivity index (χ3n) is 3.03. The summed E-state index contributed by atoms with van der Waals surface area (Å²) in [6, 6.07) is 0. The van der Waals surface area contributed by atoms with Crippen molar-refractivity contribution in [3.05, 3.63) is 23.0 Å². The summed E-state index contributed by atoms with van der Waals surface area (Å²) in [5, 5.41) is 8.59. The highest BCUT2D eigenvalue weighted by Crippen LogP contribution is 2.27. The molecule has 0 aliphatic carbocycles. The molecular formula is C13H20N4. The average molecular weight is 232 g/mol. The molecule has 2 aromatic rings. The van der Waals surface area contributed by atoms with Crippen molar-refractivity contribution in [1.82, 2.24) is 19.6 Å². The van der Waals surface area contributed by atoms with E-state index in [9.17, 15) is 0 Å². The van der Waals surface area contributed by atoms with Crippen LogP contribution in [0.25, 0.3) is 5.52 Å². The Morgan fingerprint density at radius 2 is 1.41 bits per heavy atom. The molecule has 0 saturated heterocycles. The molecule has 4 nitrogen and oxygen atoms in total. The molecule has 0 amide bonds. The van der Waals surface area contributed by atoms with Gasteiger partial charge in [-0.15, -0.1) is 5.10 Å². The zero-order valence-corrected chi connectivity index (χ0v) is 11.4. The molecule has 0 atom stereocenters. The summed E-state index contributed by atoms with van der Waals surface area (Å²) in [4.78, 5) is 4.68. The van der Waals surface area contributed by atoms with Gasteiger partial charge in [0.15, 0.2) is 0 Å². The van der Waals surface area contributed by atoms with Crippen LogP contribution in [0, 0.1) is 13.8 Å². The first kappa shape index (κ1) is 12.0. The van der Waals surface area contributed by atoms with Gasteiger partial charge in [-0.25, -0.2) is 4.98 Å². The smallest absolute Gasteiger partial charge is 0.134 e. The highest BCUT2D eigenvalue weighted by Gasteiger charge is 2.19. The fourth-order valence-electron chi connectivity index (χ4n) is 2.21. The van der Waals surface area contributed by atoms with E-state index in [1.165, 1.54) is 0 Å². The van der Waals surface area contributed by atoms with E-state index in [0.717, 1.165) is 28.6 Å². The number of imidazole rings is 1. The molecule has 2 rings (SSSR count). The molecule has 4 heteroatoms. The molecular weight excluding hydrogens is 212 g/mol. The van der Waals surface area contributed by atoms with Gasteiger partial charge in [0.1, 0.15) is 11.6 Å². The van der Waals surface area contributed by atoms with Gasteiger partial charge >= 0.3 is 0 Å². The summed E-state index contributed by atoms with van der Waals surface area (Å²) in [5.41, 5.74) is 3.32. The maximum atomic E-state index is 4.68. The second kappa shape index (κ2) is 4.09. The van der Waals surface area contributed by atoms with Crippen LogP contribution in [0.5, 0.6) is 0 Å². The summed E-state index contributed by atoms with van der Waals surface area (Å²) < 4.78 is 2.12. The lowest BCUT2D eigenvalue weighted by Gasteiger charge is -2.10. The van der Waals surface area contributed by atoms with Crippen molar-refractivity contribution in [1.29, 1.82) is 0 Å². The number of rotatable bonds is 2. The molecule has 2 aromatic heterocycles. The molecule has 17 heavy (non-hydrogen) atoms. The van der Waals surface area contributed by atoms with E-state index in [1.807, 2.05) is 13.8 Å². The summed E-state index contributed by atoms with van der Waals surface area (Å²) >= 11 is 0. The van der Waals surface area contributed by atoms with Gasteiger partial charge in [-0.3, -0.25) is 4.40 Å². The minimum atomic E-state index is 0.360. The third kappa shape index (κ3) is 1.81. The van der Waals surface area contributed by atoms with Gasteiger partial charge in [-0.05, 0) is 25.7 Å². The van der Waals surface area contributed by atoms with Gasteiger partial charge in [-0.2, -0.15) is 5.10 Å². The molecule has 92 valence electrons. The molecule has 0 unspecified atom stereocenters. The Kier molecular flexibility index (Phi) is 2.89. The Morgan fingerprint density at radius 1 is 0.824 bits per heavy atom. The minimum Gasteiger partial charge on any atom is -0.281 e. The molecule has 0 fully saturated rings. The van der Waals surface area contributed by atoms with Crippen LogP contribution in [0.15, 0.2) is 0 Å². The zero-order chi connectivity index (χ0) is 12.7. The number of hydrogen-bond acceptors (Lipinski definition) is 3. The zero-order valence-electron chi connectivity index (χ0n) is 11.4. The van der Waals surface area contributed by atoms with Crippen molar-refractivity contribution in [2.24, 2.45) is 0 Å². The van der Waals surface area contributed by atoms with E-state index in [1.54, 1.807) is 0 Å². The molecule has 0 spiro atoms. The molecule has 0 N–H and O–H groups in total. The van der Waals surface area contributed by atoms with Gasteiger partial charge < -0.3 is 0 Å². The monoisotopic (exact) mass is 232 g/mol. The number of aromatic nitrogens is 4. The van der Waals surface area contributed by atoms with E-state index >= 15 is 0 Å². The van der Waals surface area contributed by atoms with Crippen LogP contribution in [0.3, 0.4) is 0 Å². The quantitative estimate of drug-likeness (QED) is 0.799. The normalized spacial score (nSPS) is 12.0. The molecule has 0 aliphatic heterocycles. The van der Waals surface area contributed by atoms with Gasteiger partial charge in [0.05, 0.1) is 16.9 Å². The van der Waals surface area contributed by atoms with E-state index in [-0.39, 0.29) is 0 Å². The van der Waals surface area contributed by atoms with E-state index in [0.29, 0.717) is 11.8 Å². The Hall–Kier alpha value is -1.45. The summed E-state index contributed by atoms with van der Waals surface area (Å²) in [7, 11) is 0. The number of fused-ring (bicyclic) bond motifs is 1. The van der Waals surface area contributed by atoms with Gasteiger partial charge in [-0.1, -0.05) is 27.7 Å². The van der Waals surface area contributed by atoms with Crippen LogP contribution in [0.4, 0.5) is 0 Å². The lowest BCUT2D eigenvalue weighted by Crippen LogP contribution is -2.06. The van der Waals surface area contributed by atoms with Crippen molar-refractivity contribution in [3.63, 3.8) is 0 Å². The predicted molar refractivity (Wildman–Crippen MR) is 68.4 cm³/mol. The van der Waals surface area contributed by atoms with Crippen molar-refractivity contribution >= 4 is 5.52 Å². The maximum absolute atomic E-state index is 4.68. The first-order valence-corrected chi connectivity index (χ1v) is 6.15. The SMILES string of the molecule is Cc1nnc(C(C)C)c2c(C(C)C)nc(C)n12. The highest BCUT2D eigenvalue weighted by molar-refractivity contribution is 5.59. The van der Waals surface area contributed by atoms with Crippen LogP contribution >= 0.6 is 0 Å². The Morgan fingerprint density at radius 3 is 1.94 bits per heavy atom. The first-order valence-electron chi connectivity index (χ1n) is 6.15. The maximum Gasteiger partial charge on any atom is 0.134 e. The number of hydrogen-bond donors (Lipinski definition) is 0. The topological polar surface area (TPSA) is 43.1 Å². The average Bonchev–Trinajstić information content (AvgIpc) is 2.57. The molecule has 2 heterocycles. The Bertz CT molecular complexity index is 552. The molecule has 0 aliphatic rings. The van der Waals surface area contributed by atoms with Crippen molar-refractivity contribution in [2.75, 3.05) is 0 Å². The van der Waals surface area contributed by atoms with Gasteiger partial charge in [0.2, 0.25) is 0 Å². The van der Waals surface area contributed by atoms with Crippen LogP contribution < -0.4 is 0 Å². The summed E-state index contributed by atoms with van der Waals surface area (Å²) in [6.07, 6.45) is 0. The summed E-state index contributed by atoms with van der Waals surface area (Å²) in [5.74, 6) is 2.67. The van der Waals surface area contributed by atoms with Crippen molar-refractivity contribution < 1.29 is 0 Å². The Balaban J connectivity index is 2.90. The Labute approximate surface area is 102 Å². The summed E-state index contributed by atoms with van der Waals surface area (Å²) in [6.45, 7) is 12.6. The van der Waals surface area contributed by atoms with Crippen molar-refractivity contribution in [3.8, 4) is 0 Å². The van der Waals surface area contributed by atoms with Crippen LogP contribution in [0.2, 0.25) is 0 Å². The van der Waals surface area contributed by atoms with Gasteiger partial charge in [0.25, 0.3) is 0 Å². The fraction of sp³-hybridized carbons (Fsp3) is 0.615. The number of aryl methyl sites for hydroxylation is 2. The second-order valence-corrected chi connectivity index (χ2v) is 5.17. The van der Waals surface area contributed by atoms with E-state index < -0.39 is 0 Å². The van der Waals surface area contributed by atoms with E-state index in [4.69, 9.17) is 0 Å². The third-order valence-corrected chi connectivity index (χ3v) is 3.03. The lowest BCUT2D eigenvalue weighted by molar-refractivity contribution is 0.747. The predicted octanol–water partition coefficient (Wildman–Crippen LogP) is 2.99. The first-order chi connectivity index (χ1) is 7.93. The van der Waals surface area contributed by atoms with Gasteiger partial charge in [0, 0.05) is 0 Å². The largest absolute Gasteiger partial charge is 0.281 e. The second-order valence-electron chi connectivity index (χ2n) is 5.17. The molecule has 0 radical (unpaired) electrons. The molecule has 0 aromatic carbocycles. The van der Waals surface area contributed by atoms with E-state index in [2.05, 4.69) is 47.3 Å². The van der Waals surface area contributed by atoms with Crippen LogP contribution in [-0.4, -0.2) is 19.6 Å². The van der Waals surface area contributed by atoms with Crippen molar-refractivity contribution in [2.45, 2.75) is 53.4 Å². The molecule has 0 bridgehead atoms. The molecule has 0 saturated carbocycles. The van der Waals surface area contributed by atoms with Crippen LogP contribution in [-0.2, 0) is 0 Å². The fourth-order valence-corrected chi connectivity index (χ4v) is 2.21. The minimum absolute atomic E-state index is 0.360. The standard InChI is InChI=1S/C13H20N4/c1-7(2)11-13-12(8(3)4)16-15-10(6)17(13)9(5)14-11/h7-8H,1-6H3. The highest BCUT2D eigenvalue weighted by atomic mass is 15.2. The van der Waals surface area contributed by atoms with Crippen LogP contribution in [0.1, 0.15) is 62.6 Å². The lowest BCUT2D eigenvalue weighted by atomic mass is 10.0. The number of nitrogens with zero attached hydrogens (tertiary/aromatic N) is 4.